The Hall–Kier alpha value is -2.58. The van der Waals surface area contributed by atoms with Gasteiger partial charge in [-0.15, -0.1) is 0 Å². The summed E-state index contributed by atoms with van der Waals surface area (Å²) in [4.78, 5) is 19.2. The third-order valence-corrected chi connectivity index (χ3v) is 5.56. The Bertz CT molecular complexity index is 1070. The van der Waals surface area contributed by atoms with Gasteiger partial charge in [-0.1, -0.05) is 30.0 Å². The zero-order valence-corrected chi connectivity index (χ0v) is 17.5. The van der Waals surface area contributed by atoms with Gasteiger partial charge >= 0.3 is 0 Å². The molecule has 0 spiro atoms. The second kappa shape index (κ2) is 9.07. The van der Waals surface area contributed by atoms with Crippen LogP contribution in [0.2, 0.25) is 0 Å². The molecule has 1 heterocycles. The summed E-state index contributed by atoms with van der Waals surface area (Å²) in [5.41, 5.74) is 2.58. The van der Waals surface area contributed by atoms with Crippen LogP contribution in [-0.2, 0) is 12.3 Å². The van der Waals surface area contributed by atoms with E-state index in [1.807, 2.05) is 36.4 Å². The lowest BCUT2D eigenvalue weighted by molar-refractivity contribution is 0.390. The van der Waals surface area contributed by atoms with Gasteiger partial charge in [0.1, 0.15) is 21.6 Å². The number of rotatable bonds is 6. The van der Waals surface area contributed by atoms with Crippen LogP contribution >= 0.6 is 24.0 Å². The molecule has 0 aliphatic heterocycles. The van der Waals surface area contributed by atoms with Crippen molar-refractivity contribution >= 4 is 39.2 Å². The van der Waals surface area contributed by atoms with Gasteiger partial charge < -0.3 is 19.8 Å². The first kappa shape index (κ1) is 20.2. The predicted molar refractivity (Wildman–Crippen MR) is 117 cm³/mol. The number of ether oxygens (including phenoxy) is 2. The first-order valence-corrected chi connectivity index (χ1v) is 10.0. The molecule has 0 saturated carbocycles. The number of nitrogens with one attached hydrogen (secondary N) is 2. The number of thioether (sulfide) groups is 1. The van der Waals surface area contributed by atoms with Crippen molar-refractivity contribution in [1.29, 1.82) is 0 Å². The van der Waals surface area contributed by atoms with E-state index in [4.69, 9.17) is 21.7 Å². The largest absolute Gasteiger partial charge is 0.497 e. The van der Waals surface area contributed by atoms with E-state index in [2.05, 4.69) is 15.3 Å². The maximum absolute atomic E-state index is 12.1. The summed E-state index contributed by atoms with van der Waals surface area (Å²) in [6.45, 7) is 2.33. The number of hydrogen-bond acceptors (Lipinski definition) is 6. The molecule has 8 heteroatoms. The minimum absolute atomic E-state index is 0.123. The van der Waals surface area contributed by atoms with Crippen molar-refractivity contribution in [3.63, 3.8) is 0 Å². The highest BCUT2D eigenvalue weighted by Crippen LogP contribution is 2.25. The fourth-order valence-electron chi connectivity index (χ4n) is 2.76. The molecule has 146 valence electrons. The Morgan fingerprint density at radius 3 is 2.79 bits per heavy atom. The number of thiocarbonyl (C=S) groups is 1. The van der Waals surface area contributed by atoms with Gasteiger partial charge in [0.15, 0.2) is 0 Å². The molecule has 3 rings (SSSR count). The summed E-state index contributed by atoms with van der Waals surface area (Å²) in [5, 5.41) is 3.82. The van der Waals surface area contributed by atoms with Crippen molar-refractivity contribution in [2.24, 2.45) is 0 Å². The number of nitrogens with zero attached hydrogens (tertiary/aromatic N) is 1. The molecule has 0 amide bonds. The molecule has 3 aromatic rings. The summed E-state index contributed by atoms with van der Waals surface area (Å²) >= 11 is 6.93. The molecule has 2 aromatic carbocycles. The number of fused-ring (bicyclic) bond motifs is 1. The quantitative estimate of drug-likeness (QED) is 0.596. The van der Waals surface area contributed by atoms with Gasteiger partial charge in [-0.25, -0.2) is 4.98 Å². The van der Waals surface area contributed by atoms with Crippen molar-refractivity contribution in [3.05, 3.63) is 63.7 Å². The van der Waals surface area contributed by atoms with Crippen molar-refractivity contribution in [3.8, 4) is 11.5 Å². The Kier molecular flexibility index (Phi) is 6.53. The second-order valence-corrected chi connectivity index (χ2v) is 7.76. The normalized spacial score (nSPS) is 10.7. The monoisotopic (exact) mass is 415 g/mol. The fourth-order valence-corrected chi connectivity index (χ4v) is 3.66. The lowest BCUT2D eigenvalue weighted by atomic mass is 10.2. The summed E-state index contributed by atoms with van der Waals surface area (Å²) in [6.07, 6.45) is 0. The second-order valence-electron chi connectivity index (χ2n) is 6.11. The molecule has 6 nitrogen and oxygen atoms in total. The molecule has 0 bridgehead atoms. The highest BCUT2D eigenvalue weighted by atomic mass is 32.2. The van der Waals surface area contributed by atoms with Gasteiger partial charge in [-0.05, 0) is 36.8 Å². The minimum atomic E-state index is -0.123. The van der Waals surface area contributed by atoms with Crippen LogP contribution in [-0.4, -0.2) is 28.5 Å². The number of methoxy groups -OCH3 is 2. The van der Waals surface area contributed by atoms with Gasteiger partial charge in [-0.3, -0.25) is 4.79 Å². The Morgan fingerprint density at radius 2 is 2.04 bits per heavy atom. The maximum atomic E-state index is 12.1. The van der Waals surface area contributed by atoms with Crippen LogP contribution < -0.4 is 20.3 Å². The standard InChI is InChI=1S/C20H21N3O3S2/c1-12-22-17-7-4-13(8-16(17)19(24)23-12)11-28-20(27)21-10-14-5-6-15(25-2)9-18(14)26-3/h4-9H,10-11H2,1-3H3,(H,21,27)(H,22,23,24). The van der Waals surface area contributed by atoms with Crippen molar-refractivity contribution < 1.29 is 9.47 Å². The summed E-state index contributed by atoms with van der Waals surface area (Å²) in [7, 11) is 3.25. The maximum Gasteiger partial charge on any atom is 0.258 e. The third kappa shape index (κ3) is 4.82. The molecular formula is C20H21N3O3S2. The van der Waals surface area contributed by atoms with E-state index in [1.54, 1.807) is 21.1 Å². The smallest absolute Gasteiger partial charge is 0.258 e. The average molecular weight is 416 g/mol. The van der Waals surface area contributed by atoms with Crippen molar-refractivity contribution in [1.82, 2.24) is 15.3 Å². The van der Waals surface area contributed by atoms with Crippen molar-refractivity contribution in [2.75, 3.05) is 14.2 Å². The summed E-state index contributed by atoms with van der Waals surface area (Å²) in [6, 6.07) is 11.4. The van der Waals surface area contributed by atoms with Crippen LogP contribution in [0.4, 0.5) is 0 Å². The molecule has 2 N–H and O–H groups in total. The van der Waals surface area contributed by atoms with Gasteiger partial charge in [0.2, 0.25) is 0 Å². The molecule has 0 radical (unpaired) electrons. The molecule has 0 atom stereocenters. The number of benzene rings is 2. The van der Waals surface area contributed by atoms with Crippen LogP contribution in [0.15, 0.2) is 41.2 Å². The molecule has 0 unspecified atom stereocenters. The lowest BCUT2D eigenvalue weighted by Crippen LogP contribution is -2.18. The zero-order chi connectivity index (χ0) is 20.1. The van der Waals surface area contributed by atoms with E-state index in [-0.39, 0.29) is 5.56 Å². The number of aryl methyl sites for hydroxylation is 1. The molecule has 28 heavy (non-hydrogen) atoms. The predicted octanol–water partition coefficient (Wildman–Crippen LogP) is 3.56. The highest BCUT2D eigenvalue weighted by molar-refractivity contribution is 8.22. The average Bonchev–Trinajstić information content (AvgIpc) is 2.70. The van der Waals surface area contributed by atoms with Gasteiger partial charge in [0.05, 0.1) is 25.1 Å². The number of aromatic nitrogens is 2. The number of hydrogen-bond donors (Lipinski definition) is 2. The van der Waals surface area contributed by atoms with Crippen LogP contribution in [0.1, 0.15) is 17.0 Å². The molecular weight excluding hydrogens is 394 g/mol. The third-order valence-electron chi connectivity index (χ3n) is 4.18. The van der Waals surface area contributed by atoms with Gasteiger partial charge in [0.25, 0.3) is 5.56 Å². The Morgan fingerprint density at radius 1 is 1.21 bits per heavy atom. The topological polar surface area (TPSA) is 76.2 Å². The molecule has 0 aliphatic carbocycles. The van der Waals surface area contributed by atoms with Gasteiger partial charge in [0, 0.05) is 23.9 Å². The van der Waals surface area contributed by atoms with Gasteiger partial charge in [-0.2, -0.15) is 0 Å². The van der Waals surface area contributed by atoms with Crippen LogP contribution in [0.5, 0.6) is 11.5 Å². The summed E-state index contributed by atoms with van der Waals surface area (Å²) in [5.74, 6) is 2.76. The molecule has 0 aliphatic rings. The molecule has 0 fully saturated rings. The van der Waals surface area contributed by atoms with E-state index in [9.17, 15) is 4.79 Å². The van der Waals surface area contributed by atoms with E-state index in [0.717, 1.165) is 22.6 Å². The SMILES string of the molecule is COc1ccc(CNC(=S)SCc2ccc3nc(C)[nH]c(=O)c3c2)c(OC)c1. The Labute approximate surface area is 172 Å². The van der Waals surface area contributed by atoms with E-state index in [0.29, 0.717) is 33.3 Å². The first-order chi connectivity index (χ1) is 13.5. The number of H-pyrrole nitrogens is 1. The zero-order valence-electron chi connectivity index (χ0n) is 15.9. The van der Waals surface area contributed by atoms with E-state index in [1.165, 1.54) is 11.8 Å². The van der Waals surface area contributed by atoms with Crippen LogP contribution in [0.25, 0.3) is 10.9 Å². The molecule has 1 aromatic heterocycles. The molecule has 0 saturated heterocycles. The fraction of sp³-hybridized carbons (Fsp3) is 0.250. The summed E-state index contributed by atoms with van der Waals surface area (Å²) < 4.78 is 11.3. The van der Waals surface area contributed by atoms with E-state index >= 15 is 0 Å². The lowest BCUT2D eigenvalue weighted by Gasteiger charge is -2.12. The minimum Gasteiger partial charge on any atom is -0.497 e. The first-order valence-electron chi connectivity index (χ1n) is 8.61. The van der Waals surface area contributed by atoms with Crippen LogP contribution in [0.3, 0.4) is 0 Å². The number of aromatic amines is 1. The Balaban J connectivity index is 1.60. The van der Waals surface area contributed by atoms with E-state index < -0.39 is 0 Å². The highest BCUT2D eigenvalue weighted by Gasteiger charge is 2.07. The van der Waals surface area contributed by atoms with Crippen molar-refractivity contribution in [2.45, 2.75) is 19.2 Å². The van der Waals surface area contributed by atoms with Crippen LogP contribution in [0, 0.1) is 6.92 Å².